The molecule has 2 aromatic rings. The molecular weight excluding hydrogens is 478 g/mol. The normalized spacial score (nSPS) is 15.8. The van der Waals surface area contributed by atoms with Gasteiger partial charge in [0.2, 0.25) is 0 Å². The Balaban J connectivity index is 1.96. The maximum Gasteiger partial charge on any atom is 0.286 e. The quantitative estimate of drug-likeness (QED) is 0.265. The highest BCUT2D eigenvalue weighted by atomic mass is 127. The molecule has 0 bridgehead atoms. The summed E-state index contributed by atoms with van der Waals surface area (Å²) in [7, 11) is 0. The van der Waals surface area contributed by atoms with E-state index < -0.39 is 46.6 Å². The maximum atomic E-state index is 14.3. The van der Waals surface area contributed by atoms with Crippen molar-refractivity contribution in [2.24, 2.45) is 0 Å². The van der Waals surface area contributed by atoms with Gasteiger partial charge >= 0.3 is 0 Å². The fraction of sp³-hybridized carbons (Fsp3) is 0.176. The van der Waals surface area contributed by atoms with Gasteiger partial charge in [0.05, 0.1) is 23.0 Å². The molecule has 1 unspecified atom stereocenters. The molecule has 0 radical (unpaired) electrons. The smallest absolute Gasteiger partial charge is 0.286 e. The van der Waals surface area contributed by atoms with Crippen molar-refractivity contribution >= 4 is 45.8 Å². The summed E-state index contributed by atoms with van der Waals surface area (Å²) in [5.74, 6) is -5.65. The van der Waals surface area contributed by atoms with Crippen LogP contribution in [0.3, 0.4) is 0 Å². The molecule has 3 N–H and O–H groups in total. The number of halogens is 4. The Morgan fingerprint density at radius 2 is 1.89 bits per heavy atom. The summed E-state index contributed by atoms with van der Waals surface area (Å²) < 4.78 is 42.6. The lowest BCUT2D eigenvalue weighted by atomic mass is 10.1. The molecule has 1 fully saturated rings. The van der Waals surface area contributed by atoms with Gasteiger partial charge in [-0.3, -0.25) is 14.8 Å². The minimum Gasteiger partial charge on any atom is -0.350 e. The summed E-state index contributed by atoms with van der Waals surface area (Å²) in [5, 5.41) is 14.8. The average molecular weight is 491 g/mol. The van der Waals surface area contributed by atoms with E-state index in [4.69, 9.17) is 0 Å². The summed E-state index contributed by atoms with van der Waals surface area (Å²) in [4.78, 5) is 24.4. The van der Waals surface area contributed by atoms with Crippen molar-refractivity contribution in [2.75, 3.05) is 11.9 Å². The van der Waals surface area contributed by atoms with Gasteiger partial charge < -0.3 is 10.6 Å². The molecule has 1 aliphatic rings. The van der Waals surface area contributed by atoms with Crippen molar-refractivity contribution in [3.8, 4) is 0 Å². The van der Waals surface area contributed by atoms with E-state index in [2.05, 4.69) is 10.6 Å². The van der Waals surface area contributed by atoms with Crippen molar-refractivity contribution in [1.82, 2.24) is 10.4 Å². The molecule has 1 saturated heterocycles. The third-order valence-corrected chi connectivity index (χ3v) is 4.71. The predicted octanol–water partition coefficient (Wildman–Crippen LogP) is 3.17. The molecule has 1 aliphatic heterocycles. The fourth-order valence-electron chi connectivity index (χ4n) is 2.44. The number of carbonyl (C=O) groups excluding carboxylic acids is 2. The zero-order valence-electron chi connectivity index (χ0n) is 13.6. The van der Waals surface area contributed by atoms with Crippen molar-refractivity contribution in [2.45, 2.75) is 12.5 Å². The fourth-order valence-corrected chi connectivity index (χ4v) is 2.89. The van der Waals surface area contributed by atoms with Crippen molar-refractivity contribution in [3.05, 3.63) is 56.9 Å². The standard InChI is InChI=1S/C17H13F3IN3O3/c18-10-3-2-9(16(25)24(27)17(26)13-5-6-22-13)15(14(10)20)23-12-4-1-8(21)7-11(12)19/h1-4,7,13,22-23,27H,5-6H2. The minimum absolute atomic E-state index is 0.154. The molecule has 0 spiro atoms. The first-order valence-electron chi connectivity index (χ1n) is 7.80. The number of nitrogens with one attached hydrogen (secondary N) is 2. The van der Waals surface area contributed by atoms with Crippen LogP contribution < -0.4 is 10.6 Å². The Labute approximate surface area is 165 Å². The van der Waals surface area contributed by atoms with Gasteiger partial charge in [-0.2, -0.15) is 5.06 Å². The molecule has 3 rings (SSSR count). The average Bonchev–Trinajstić information content (AvgIpc) is 2.58. The molecule has 0 aromatic heterocycles. The first-order chi connectivity index (χ1) is 12.8. The monoisotopic (exact) mass is 491 g/mol. The lowest BCUT2D eigenvalue weighted by Gasteiger charge is -2.28. The number of hydrogen-bond donors (Lipinski definition) is 3. The summed E-state index contributed by atoms with van der Waals surface area (Å²) in [6.07, 6.45) is 0.430. The Kier molecular flexibility index (Phi) is 5.67. The van der Waals surface area contributed by atoms with Crippen LogP contribution in [0.4, 0.5) is 24.5 Å². The van der Waals surface area contributed by atoms with Crippen LogP contribution in [0, 0.1) is 21.0 Å². The molecule has 10 heteroatoms. The van der Waals surface area contributed by atoms with E-state index in [0.717, 1.165) is 12.1 Å². The Morgan fingerprint density at radius 1 is 1.19 bits per heavy atom. The van der Waals surface area contributed by atoms with E-state index in [1.54, 1.807) is 0 Å². The molecule has 142 valence electrons. The lowest BCUT2D eigenvalue weighted by molar-refractivity contribution is -0.158. The number of imide groups is 1. The number of nitrogens with zero attached hydrogens (tertiary/aromatic N) is 1. The minimum atomic E-state index is -1.44. The zero-order chi connectivity index (χ0) is 19.7. The first kappa shape index (κ1) is 19.6. The van der Waals surface area contributed by atoms with Gasteiger partial charge in [0.15, 0.2) is 11.6 Å². The number of amides is 2. The number of hydroxylamine groups is 2. The van der Waals surface area contributed by atoms with E-state index in [1.807, 2.05) is 22.6 Å². The van der Waals surface area contributed by atoms with E-state index in [1.165, 1.54) is 12.1 Å². The third kappa shape index (κ3) is 3.92. The number of rotatable bonds is 4. The van der Waals surface area contributed by atoms with Crippen LogP contribution in [0.2, 0.25) is 0 Å². The van der Waals surface area contributed by atoms with Crippen LogP contribution in [-0.4, -0.2) is 34.7 Å². The molecule has 1 atom stereocenters. The van der Waals surface area contributed by atoms with E-state index in [9.17, 15) is 28.0 Å². The highest BCUT2D eigenvalue weighted by Gasteiger charge is 2.34. The van der Waals surface area contributed by atoms with E-state index in [-0.39, 0.29) is 10.8 Å². The SMILES string of the molecule is O=C(c1ccc(F)c(F)c1Nc1ccc(I)cc1F)N(O)C(=O)C1CCN1. The lowest BCUT2D eigenvalue weighted by Crippen LogP contribution is -2.54. The zero-order valence-corrected chi connectivity index (χ0v) is 15.8. The van der Waals surface area contributed by atoms with Crippen LogP contribution in [0.5, 0.6) is 0 Å². The second-order valence-electron chi connectivity index (χ2n) is 5.78. The van der Waals surface area contributed by atoms with Crippen LogP contribution in [-0.2, 0) is 4.79 Å². The summed E-state index contributed by atoms with van der Waals surface area (Å²) >= 11 is 1.87. The van der Waals surface area contributed by atoms with Gasteiger partial charge in [0.1, 0.15) is 5.82 Å². The topological polar surface area (TPSA) is 81.7 Å². The molecule has 6 nitrogen and oxygen atoms in total. The van der Waals surface area contributed by atoms with Gasteiger partial charge in [-0.25, -0.2) is 13.2 Å². The molecule has 2 aromatic carbocycles. The van der Waals surface area contributed by atoms with Gasteiger partial charge in [-0.1, -0.05) is 0 Å². The van der Waals surface area contributed by atoms with Crippen molar-refractivity contribution < 1.29 is 28.0 Å². The third-order valence-electron chi connectivity index (χ3n) is 4.04. The van der Waals surface area contributed by atoms with Gasteiger partial charge in [-0.15, -0.1) is 0 Å². The second-order valence-corrected chi connectivity index (χ2v) is 7.03. The predicted molar refractivity (Wildman–Crippen MR) is 98.1 cm³/mol. The Bertz CT molecular complexity index is 922. The number of benzene rings is 2. The number of carbonyl (C=O) groups is 2. The first-order valence-corrected chi connectivity index (χ1v) is 8.88. The number of hydrogen-bond acceptors (Lipinski definition) is 5. The Morgan fingerprint density at radius 3 is 2.48 bits per heavy atom. The largest absolute Gasteiger partial charge is 0.350 e. The molecule has 2 amide bonds. The Hall–Kier alpha value is -2.18. The van der Waals surface area contributed by atoms with Gasteiger partial charge in [-0.05, 0) is 65.9 Å². The summed E-state index contributed by atoms with van der Waals surface area (Å²) in [6, 6.07) is 4.82. The van der Waals surface area contributed by atoms with Gasteiger partial charge in [0.25, 0.3) is 11.8 Å². The van der Waals surface area contributed by atoms with Crippen molar-refractivity contribution in [1.29, 1.82) is 0 Å². The molecular formula is C17H13F3IN3O3. The van der Waals surface area contributed by atoms with E-state index >= 15 is 0 Å². The number of anilines is 2. The summed E-state index contributed by atoms with van der Waals surface area (Å²) in [5.41, 5.74) is -1.42. The highest BCUT2D eigenvalue weighted by molar-refractivity contribution is 14.1. The molecule has 0 aliphatic carbocycles. The second kappa shape index (κ2) is 7.82. The van der Waals surface area contributed by atoms with Crippen LogP contribution in [0.15, 0.2) is 30.3 Å². The molecule has 1 heterocycles. The molecule has 0 saturated carbocycles. The summed E-state index contributed by atoms with van der Waals surface area (Å²) in [6.45, 7) is 0.558. The maximum absolute atomic E-state index is 14.3. The molecule has 27 heavy (non-hydrogen) atoms. The van der Waals surface area contributed by atoms with Crippen LogP contribution >= 0.6 is 22.6 Å². The van der Waals surface area contributed by atoms with Crippen LogP contribution in [0.1, 0.15) is 16.8 Å². The van der Waals surface area contributed by atoms with Crippen LogP contribution in [0.25, 0.3) is 0 Å². The van der Waals surface area contributed by atoms with E-state index in [0.29, 0.717) is 22.6 Å². The van der Waals surface area contributed by atoms with Gasteiger partial charge in [0, 0.05) is 3.57 Å². The van der Waals surface area contributed by atoms with Crippen molar-refractivity contribution in [3.63, 3.8) is 0 Å². The highest BCUT2D eigenvalue weighted by Crippen LogP contribution is 2.29.